The lowest BCUT2D eigenvalue weighted by Gasteiger charge is -2.30. The SMILES string of the molecule is CN(C)NC(=O)NCCC(CCC(=O)O)C(C)(C)C. The van der Waals surface area contributed by atoms with Crippen LogP contribution in [0, 0.1) is 11.3 Å². The van der Waals surface area contributed by atoms with E-state index < -0.39 is 5.97 Å². The van der Waals surface area contributed by atoms with E-state index in [2.05, 4.69) is 31.5 Å². The van der Waals surface area contributed by atoms with Crippen LogP contribution in [0.15, 0.2) is 0 Å². The molecule has 0 fully saturated rings. The smallest absolute Gasteiger partial charge is 0.329 e. The van der Waals surface area contributed by atoms with Gasteiger partial charge >= 0.3 is 12.0 Å². The molecule has 0 saturated carbocycles. The van der Waals surface area contributed by atoms with Crippen LogP contribution in [0.3, 0.4) is 0 Å². The average Bonchev–Trinajstić information content (AvgIpc) is 2.19. The number of carbonyl (C=O) groups is 2. The molecule has 3 N–H and O–H groups in total. The van der Waals surface area contributed by atoms with Gasteiger partial charge in [0.25, 0.3) is 0 Å². The zero-order valence-electron chi connectivity index (χ0n) is 12.6. The topological polar surface area (TPSA) is 81.7 Å². The van der Waals surface area contributed by atoms with Crippen molar-refractivity contribution in [2.75, 3.05) is 20.6 Å². The molecule has 0 heterocycles. The number of carbonyl (C=O) groups excluding carboxylic acids is 1. The molecule has 0 aliphatic rings. The van der Waals surface area contributed by atoms with Gasteiger partial charge in [-0.2, -0.15) is 0 Å². The highest BCUT2D eigenvalue weighted by Crippen LogP contribution is 2.32. The van der Waals surface area contributed by atoms with E-state index in [1.807, 2.05) is 0 Å². The minimum atomic E-state index is -0.771. The van der Waals surface area contributed by atoms with Gasteiger partial charge in [-0.1, -0.05) is 20.8 Å². The lowest BCUT2D eigenvalue weighted by Crippen LogP contribution is -2.44. The van der Waals surface area contributed by atoms with Crippen LogP contribution in [0.4, 0.5) is 4.79 Å². The number of urea groups is 1. The number of nitrogens with zero attached hydrogens (tertiary/aromatic N) is 1. The second kappa shape index (κ2) is 7.99. The molecule has 0 spiro atoms. The molecule has 0 saturated heterocycles. The predicted octanol–water partition coefficient (Wildman–Crippen LogP) is 1.68. The van der Waals surface area contributed by atoms with Crippen LogP contribution in [-0.2, 0) is 4.79 Å². The fourth-order valence-corrected chi connectivity index (χ4v) is 1.91. The Hall–Kier alpha value is -1.30. The van der Waals surface area contributed by atoms with Crippen molar-refractivity contribution in [3.05, 3.63) is 0 Å². The molecule has 0 aromatic carbocycles. The summed E-state index contributed by atoms with van der Waals surface area (Å²) in [4.78, 5) is 22.0. The highest BCUT2D eigenvalue weighted by Gasteiger charge is 2.24. The van der Waals surface area contributed by atoms with Gasteiger partial charge in [0.2, 0.25) is 0 Å². The third-order valence-electron chi connectivity index (χ3n) is 3.03. The normalized spacial score (nSPS) is 13.2. The van der Waals surface area contributed by atoms with Gasteiger partial charge in [-0.3, -0.25) is 10.2 Å². The summed E-state index contributed by atoms with van der Waals surface area (Å²) in [7, 11) is 3.48. The molecule has 2 amide bonds. The summed E-state index contributed by atoms with van der Waals surface area (Å²) < 4.78 is 0. The molecular formula is C13H27N3O3. The van der Waals surface area contributed by atoms with Crippen molar-refractivity contribution in [3.8, 4) is 0 Å². The Bertz CT molecular complexity index is 298. The average molecular weight is 273 g/mol. The lowest BCUT2D eigenvalue weighted by atomic mass is 9.76. The second-order valence-electron chi connectivity index (χ2n) is 6.05. The number of carboxylic acid groups (broad SMARTS) is 1. The third kappa shape index (κ3) is 9.30. The molecule has 19 heavy (non-hydrogen) atoms. The van der Waals surface area contributed by atoms with Crippen LogP contribution >= 0.6 is 0 Å². The Balaban J connectivity index is 4.13. The van der Waals surface area contributed by atoms with Crippen LogP contribution in [0.25, 0.3) is 0 Å². The number of amides is 2. The summed E-state index contributed by atoms with van der Waals surface area (Å²) in [6.45, 7) is 6.83. The van der Waals surface area contributed by atoms with Gasteiger partial charge in [-0.15, -0.1) is 0 Å². The molecule has 0 aromatic heterocycles. The largest absolute Gasteiger partial charge is 0.481 e. The molecule has 0 aliphatic carbocycles. The van der Waals surface area contributed by atoms with Gasteiger partial charge in [0.15, 0.2) is 0 Å². The number of hydrogen-bond donors (Lipinski definition) is 3. The Morgan fingerprint density at radius 3 is 2.21 bits per heavy atom. The number of hydrogen-bond acceptors (Lipinski definition) is 3. The fraction of sp³-hybridized carbons (Fsp3) is 0.846. The van der Waals surface area contributed by atoms with Crippen LogP contribution in [0.1, 0.15) is 40.0 Å². The van der Waals surface area contributed by atoms with Crippen molar-refractivity contribution in [1.82, 2.24) is 15.8 Å². The quantitative estimate of drug-likeness (QED) is 0.616. The zero-order chi connectivity index (χ0) is 15.1. The molecule has 1 unspecified atom stereocenters. The van der Waals surface area contributed by atoms with Gasteiger partial charge in [-0.05, 0) is 24.2 Å². The summed E-state index contributed by atoms with van der Waals surface area (Å²) in [5.74, 6) is -0.504. The summed E-state index contributed by atoms with van der Waals surface area (Å²) >= 11 is 0. The second-order valence-corrected chi connectivity index (χ2v) is 6.05. The summed E-state index contributed by atoms with van der Waals surface area (Å²) in [6, 6.07) is -0.240. The maximum absolute atomic E-state index is 11.4. The molecule has 6 heteroatoms. The van der Waals surface area contributed by atoms with Gasteiger partial charge in [0.1, 0.15) is 0 Å². The Labute approximate surface area is 115 Å². The van der Waals surface area contributed by atoms with E-state index in [1.165, 1.54) is 0 Å². The van der Waals surface area contributed by atoms with Crippen LogP contribution in [0.5, 0.6) is 0 Å². The van der Waals surface area contributed by atoms with Gasteiger partial charge < -0.3 is 10.4 Å². The van der Waals surface area contributed by atoms with Crippen molar-refractivity contribution < 1.29 is 14.7 Å². The third-order valence-corrected chi connectivity index (χ3v) is 3.03. The van der Waals surface area contributed by atoms with Crippen molar-refractivity contribution in [3.63, 3.8) is 0 Å². The monoisotopic (exact) mass is 273 g/mol. The summed E-state index contributed by atoms with van der Waals surface area (Å²) in [5, 5.41) is 13.1. The van der Waals surface area contributed by atoms with Crippen LogP contribution in [-0.4, -0.2) is 42.8 Å². The van der Waals surface area contributed by atoms with E-state index in [-0.39, 0.29) is 23.8 Å². The zero-order valence-corrected chi connectivity index (χ0v) is 12.6. The fourth-order valence-electron chi connectivity index (χ4n) is 1.91. The van der Waals surface area contributed by atoms with Crippen molar-refractivity contribution in [1.29, 1.82) is 0 Å². The lowest BCUT2D eigenvalue weighted by molar-refractivity contribution is -0.137. The van der Waals surface area contributed by atoms with Crippen molar-refractivity contribution in [2.24, 2.45) is 11.3 Å². The van der Waals surface area contributed by atoms with E-state index in [4.69, 9.17) is 5.11 Å². The van der Waals surface area contributed by atoms with Gasteiger partial charge in [0, 0.05) is 27.1 Å². The van der Waals surface area contributed by atoms with E-state index >= 15 is 0 Å². The van der Waals surface area contributed by atoms with Gasteiger partial charge in [-0.25, -0.2) is 9.80 Å². The molecule has 0 aliphatic heterocycles. The first kappa shape index (κ1) is 17.7. The number of hydrazine groups is 1. The minimum absolute atomic E-state index is 0.0369. The number of nitrogens with one attached hydrogen (secondary N) is 2. The molecule has 0 bridgehead atoms. The first-order chi connectivity index (χ1) is 8.62. The summed E-state index contributed by atoms with van der Waals surface area (Å²) in [5.41, 5.74) is 2.63. The summed E-state index contributed by atoms with van der Waals surface area (Å²) in [6.07, 6.45) is 1.58. The van der Waals surface area contributed by atoms with Crippen molar-refractivity contribution >= 4 is 12.0 Å². The first-order valence-corrected chi connectivity index (χ1v) is 6.56. The van der Waals surface area contributed by atoms with E-state index in [0.29, 0.717) is 13.0 Å². The Kier molecular flexibility index (Phi) is 7.44. The van der Waals surface area contributed by atoms with Crippen LogP contribution < -0.4 is 10.7 Å². The molecule has 0 radical (unpaired) electrons. The maximum Gasteiger partial charge on any atom is 0.329 e. The Morgan fingerprint density at radius 2 is 1.79 bits per heavy atom. The molecule has 0 rings (SSSR count). The predicted molar refractivity (Wildman–Crippen MR) is 74.7 cm³/mol. The van der Waals surface area contributed by atoms with Gasteiger partial charge in [0.05, 0.1) is 0 Å². The Morgan fingerprint density at radius 1 is 1.21 bits per heavy atom. The van der Waals surface area contributed by atoms with E-state index in [9.17, 15) is 9.59 Å². The molecule has 6 nitrogen and oxygen atoms in total. The molecule has 1 atom stereocenters. The highest BCUT2D eigenvalue weighted by molar-refractivity contribution is 5.73. The van der Waals surface area contributed by atoms with Crippen LogP contribution in [0.2, 0.25) is 0 Å². The highest BCUT2D eigenvalue weighted by atomic mass is 16.4. The number of rotatable bonds is 7. The molecular weight excluding hydrogens is 246 g/mol. The number of aliphatic carboxylic acids is 1. The minimum Gasteiger partial charge on any atom is -0.481 e. The molecule has 112 valence electrons. The first-order valence-electron chi connectivity index (χ1n) is 6.56. The van der Waals surface area contributed by atoms with Crippen molar-refractivity contribution in [2.45, 2.75) is 40.0 Å². The standard InChI is InChI=1S/C13H27N3O3/c1-13(2,3)10(6-7-11(17)18)8-9-14-12(19)15-16(4)5/h10H,6-9H2,1-5H3,(H,17,18)(H2,14,15,19). The number of carboxylic acids is 1. The van der Waals surface area contributed by atoms with E-state index in [1.54, 1.807) is 19.1 Å². The maximum atomic E-state index is 11.4. The molecule has 0 aromatic rings. The van der Waals surface area contributed by atoms with E-state index in [0.717, 1.165) is 6.42 Å².